The molecule has 0 aromatic heterocycles. The van der Waals surface area contributed by atoms with E-state index in [-0.39, 0.29) is 28.6 Å². The van der Waals surface area contributed by atoms with Crippen LogP contribution in [0.15, 0.2) is 11.6 Å². The van der Waals surface area contributed by atoms with E-state index in [4.69, 9.17) is 9.47 Å². The maximum atomic E-state index is 14.5. The zero-order chi connectivity index (χ0) is 34.7. The van der Waals surface area contributed by atoms with Gasteiger partial charge in [0.15, 0.2) is 0 Å². The summed E-state index contributed by atoms with van der Waals surface area (Å²) in [5.41, 5.74) is -3.64. The first kappa shape index (κ1) is 35.2. The zero-order valence-corrected chi connectivity index (χ0v) is 28.7. The van der Waals surface area contributed by atoms with Crippen LogP contribution in [0.2, 0.25) is 0 Å². The molecular weight excluding hydrogens is 608 g/mol. The summed E-state index contributed by atoms with van der Waals surface area (Å²) >= 11 is 0. The topological polar surface area (TPSA) is 194 Å². The third kappa shape index (κ3) is 4.49. The number of carboxylic acids is 1. The first-order valence-electron chi connectivity index (χ1n) is 17.6. The molecule has 11 heteroatoms. The number of allylic oxidation sites excluding steroid dienone is 1. The van der Waals surface area contributed by atoms with Gasteiger partial charge in [0, 0.05) is 5.92 Å². The van der Waals surface area contributed by atoms with E-state index in [1.807, 2.05) is 6.92 Å². The summed E-state index contributed by atoms with van der Waals surface area (Å²) in [4.78, 5) is 27.2. The molecule has 0 aromatic carbocycles. The molecular formula is C36H56O11. The SMILES string of the molecule is C[C@@H]1CC[C@]2(C(=O)O[C@@H]3O[C@H](CO)[C@@H](O)[C@H](O)[C@H]3O)CC[C@]3(C)C(=CCC4[C@@]5(C)CC[C@H](O)[C@@](C)(C(=O)O)C5CC[C@]43C)C2[C@]1(C)O. The van der Waals surface area contributed by atoms with E-state index in [0.29, 0.717) is 44.9 Å². The van der Waals surface area contributed by atoms with Gasteiger partial charge in [0.05, 0.1) is 29.1 Å². The van der Waals surface area contributed by atoms with Crippen molar-refractivity contribution in [3.8, 4) is 0 Å². The fourth-order valence-electron chi connectivity index (χ4n) is 12.2. The molecule has 1 heterocycles. The molecule has 5 aliphatic carbocycles. The summed E-state index contributed by atoms with van der Waals surface area (Å²) in [6, 6.07) is 0. The predicted molar refractivity (Wildman–Crippen MR) is 168 cm³/mol. The molecule has 0 bridgehead atoms. The van der Waals surface area contributed by atoms with Crippen molar-refractivity contribution in [2.45, 2.75) is 142 Å². The number of hydrogen-bond donors (Lipinski definition) is 7. The maximum absolute atomic E-state index is 14.5. The number of aliphatic hydroxyl groups is 6. The number of aliphatic carboxylic acids is 1. The Morgan fingerprint density at radius 3 is 2.21 bits per heavy atom. The lowest BCUT2D eigenvalue weighted by atomic mass is 9.33. The van der Waals surface area contributed by atoms with Crippen molar-refractivity contribution in [3.63, 3.8) is 0 Å². The minimum absolute atomic E-state index is 0.126. The summed E-state index contributed by atoms with van der Waals surface area (Å²) in [7, 11) is 0. The van der Waals surface area contributed by atoms with Gasteiger partial charge in [0.2, 0.25) is 6.29 Å². The van der Waals surface area contributed by atoms with Gasteiger partial charge in [0.1, 0.15) is 24.4 Å². The van der Waals surface area contributed by atoms with Crippen molar-refractivity contribution in [3.05, 3.63) is 11.6 Å². The van der Waals surface area contributed by atoms with Crippen molar-refractivity contribution >= 4 is 11.9 Å². The Hall–Kier alpha value is -1.60. The van der Waals surface area contributed by atoms with Crippen LogP contribution < -0.4 is 0 Å². The number of fused-ring (bicyclic) bond motifs is 7. The molecule has 16 atom stereocenters. The Morgan fingerprint density at radius 2 is 1.57 bits per heavy atom. The summed E-state index contributed by atoms with van der Waals surface area (Å²) in [6.45, 7) is 11.7. The van der Waals surface area contributed by atoms with Gasteiger partial charge in [-0.15, -0.1) is 0 Å². The van der Waals surface area contributed by atoms with Gasteiger partial charge in [-0.3, -0.25) is 9.59 Å². The zero-order valence-electron chi connectivity index (χ0n) is 28.7. The largest absolute Gasteiger partial charge is 0.481 e. The molecule has 1 saturated heterocycles. The van der Waals surface area contributed by atoms with Crippen LogP contribution in [0.4, 0.5) is 0 Å². The van der Waals surface area contributed by atoms with Gasteiger partial charge in [-0.1, -0.05) is 39.3 Å². The fraction of sp³-hybridized carbons (Fsp3) is 0.889. The van der Waals surface area contributed by atoms with Gasteiger partial charge in [0.25, 0.3) is 0 Å². The number of ether oxygens (including phenoxy) is 2. The highest BCUT2D eigenvalue weighted by Crippen LogP contribution is 2.76. The summed E-state index contributed by atoms with van der Waals surface area (Å²) in [5.74, 6) is -2.37. The molecule has 47 heavy (non-hydrogen) atoms. The first-order valence-corrected chi connectivity index (χ1v) is 17.6. The molecule has 0 radical (unpaired) electrons. The lowest BCUT2D eigenvalue weighted by molar-refractivity contribution is -0.299. The van der Waals surface area contributed by atoms with Crippen molar-refractivity contribution in [2.24, 2.45) is 50.7 Å². The molecule has 4 saturated carbocycles. The average Bonchev–Trinajstić information content (AvgIpc) is 3.01. The normalized spacial score (nSPS) is 55.8. The lowest BCUT2D eigenvalue weighted by Gasteiger charge is -2.71. The minimum atomic E-state index is -1.72. The molecule has 0 aromatic rings. The highest BCUT2D eigenvalue weighted by molar-refractivity contribution is 5.79. The maximum Gasteiger partial charge on any atom is 0.315 e. The highest BCUT2D eigenvalue weighted by Gasteiger charge is 2.72. The molecule has 11 nitrogen and oxygen atoms in total. The number of esters is 1. The Kier molecular flexibility index (Phi) is 8.40. The quantitative estimate of drug-likeness (QED) is 0.172. The number of carboxylic acid groups (broad SMARTS) is 1. The smallest absolute Gasteiger partial charge is 0.315 e. The fourth-order valence-corrected chi connectivity index (χ4v) is 12.2. The molecule has 6 aliphatic rings. The Balaban J connectivity index is 1.39. The molecule has 266 valence electrons. The van der Waals surface area contributed by atoms with Crippen LogP contribution in [0, 0.1) is 50.7 Å². The highest BCUT2D eigenvalue weighted by atomic mass is 16.7. The third-order valence-corrected chi connectivity index (χ3v) is 15.6. The van der Waals surface area contributed by atoms with Crippen LogP contribution in [-0.4, -0.2) is 96.7 Å². The molecule has 3 unspecified atom stereocenters. The summed E-state index contributed by atoms with van der Waals surface area (Å²) in [6.07, 6.45) is -1.18. The van der Waals surface area contributed by atoms with Crippen molar-refractivity contribution in [1.29, 1.82) is 0 Å². The van der Waals surface area contributed by atoms with Crippen molar-refractivity contribution in [2.75, 3.05) is 6.61 Å². The van der Waals surface area contributed by atoms with Crippen LogP contribution in [0.25, 0.3) is 0 Å². The number of carbonyl (C=O) groups is 2. The number of carbonyl (C=O) groups excluding carboxylic acids is 1. The number of rotatable bonds is 4. The lowest BCUT2D eigenvalue weighted by Crippen LogP contribution is -2.69. The van der Waals surface area contributed by atoms with Gasteiger partial charge in [-0.2, -0.15) is 0 Å². The van der Waals surface area contributed by atoms with Crippen molar-refractivity contribution in [1.82, 2.24) is 0 Å². The van der Waals surface area contributed by atoms with Crippen LogP contribution in [0.5, 0.6) is 0 Å². The van der Waals surface area contributed by atoms with E-state index in [1.165, 1.54) is 0 Å². The number of hydrogen-bond acceptors (Lipinski definition) is 10. The van der Waals surface area contributed by atoms with Crippen LogP contribution in [0.3, 0.4) is 0 Å². The molecule has 5 fully saturated rings. The Labute approximate surface area is 277 Å². The van der Waals surface area contributed by atoms with E-state index in [1.54, 1.807) is 13.8 Å². The molecule has 6 rings (SSSR count). The van der Waals surface area contributed by atoms with E-state index in [9.17, 15) is 45.3 Å². The summed E-state index contributed by atoms with van der Waals surface area (Å²) < 4.78 is 11.4. The third-order valence-electron chi connectivity index (χ3n) is 15.6. The minimum Gasteiger partial charge on any atom is -0.481 e. The first-order chi connectivity index (χ1) is 21.8. The molecule has 0 amide bonds. The standard InChI is InChI=1S/C36H56O11/c1-18-9-14-36(30(44)47-28-26(41)25(40)24(39)20(17-37)46-28)16-15-32(3)19(27(36)35(18,6)45)7-8-21-31(2)12-11-23(38)34(5,29(42)43)22(31)10-13-33(21,32)4/h7,18,20-28,37-41,45H,8-17H2,1-6H3,(H,42,43)/t18-,20-,21?,22?,23+,24-,25+,26-,27?,28+,31-,32-,33-,34+,35-,36+/m1/s1. The van der Waals surface area contributed by atoms with E-state index >= 15 is 0 Å². The van der Waals surface area contributed by atoms with E-state index in [0.717, 1.165) is 18.4 Å². The monoisotopic (exact) mass is 664 g/mol. The van der Waals surface area contributed by atoms with Gasteiger partial charge in [-0.05, 0) is 106 Å². The van der Waals surface area contributed by atoms with E-state index < -0.39 is 83.1 Å². The summed E-state index contributed by atoms with van der Waals surface area (Å²) in [5, 5.41) is 74.8. The van der Waals surface area contributed by atoms with Crippen LogP contribution in [0.1, 0.15) is 99.3 Å². The predicted octanol–water partition coefficient (Wildman–Crippen LogP) is 2.53. The Bertz CT molecular complexity index is 1310. The second-order valence-electron chi connectivity index (χ2n) is 17.3. The molecule has 7 N–H and O–H groups in total. The van der Waals surface area contributed by atoms with Crippen LogP contribution >= 0.6 is 0 Å². The second-order valence-corrected chi connectivity index (χ2v) is 17.3. The second kappa shape index (κ2) is 11.2. The van der Waals surface area contributed by atoms with Gasteiger partial charge >= 0.3 is 11.9 Å². The molecule has 0 spiro atoms. The van der Waals surface area contributed by atoms with Gasteiger partial charge < -0.3 is 45.2 Å². The van der Waals surface area contributed by atoms with Gasteiger partial charge in [-0.25, -0.2) is 0 Å². The van der Waals surface area contributed by atoms with Crippen LogP contribution in [-0.2, 0) is 19.1 Å². The number of aliphatic hydroxyl groups excluding tert-OH is 5. The van der Waals surface area contributed by atoms with Crippen molar-refractivity contribution < 1.29 is 54.8 Å². The average molecular weight is 665 g/mol. The molecule has 1 aliphatic heterocycles. The Morgan fingerprint density at radius 1 is 0.894 bits per heavy atom. The van der Waals surface area contributed by atoms with E-state index in [2.05, 4.69) is 26.8 Å².